The van der Waals surface area contributed by atoms with E-state index in [0.717, 1.165) is 45.3 Å². The SMILES string of the molecule is Cc1ccc(N(c2ccc(-c3nnc(-c4ccccc4)o3)cc2)c2ccc(N(c3ccccc3)c3ccccc3)cc2)cc1. The van der Waals surface area contributed by atoms with Gasteiger partial charge in [0.25, 0.3) is 0 Å². The summed E-state index contributed by atoms with van der Waals surface area (Å²) >= 11 is 0. The molecule has 0 atom stereocenters. The van der Waals surface area contributed by atoms with Crippen molar-refractivity contribution in [1.82, 2.24) is 10.2 Å². The van der Waals surface area contributed by atoms with Crippen molar-refractivity contribution in [2.24, 2.45) is 0 Å². The summed E-state index contributed by atoms with van der Waals surface area (Å²) in [4.78, 5) is 4.52. The number of aryl methyl sites for hydroxylation is 1. The van der Waals surface area contributed by atoms with Crippen LogP contribution in [0.1, 0.15) is 5.56 Å². The van der Waals surface area contributed by atoms with Gasteiger partial charge in [0.1, 0.15) is 0 Å². The number of rotatable bonds is 8. The van der Waals surface area contributed by atoms with E-state index in [9.17, 15) is 0 Å². The highest BCUT2D eigenvalue weighted by Gasteiger charge is 2.17. The Kier molecular flexibility index (Phi) is 7.42. The predicted molar refractivity (Wildman–Crippen MR) is 179 cm³/mol. The summed E-state index contributed by atoms with van der Waals surface area (Å²) in [5.41, 5.74) is 9.42. The average Bonchev–Trinajstić information content (AvgIpc) is 3.59. The molecule has 5 nitrogen and oxygen atoms in total. The molecule has 0 aliphatic heterocycles. The molecule has 0 amide bonds. The van der Waals surface area contributed by atoms with Crippen LogP contribution in [-0.2, 0) is 0 Å². The molecule has 1 heterocycles. The van der Waals surface area contributed by atoms with Gasteiger partial charge in [-0.3, -0.25) is 0 Å². The van der Waals surface area contributed by atoms with E-state index < -0.39 is 0 Å². The first-order chi connectivity index (χ1) is 21.7. The monoisotopic (exact) mass is 570 g/mol. The van der Waals surface area contributed by atoms with Crippen molar-refractivity contribution in [3.63, 3.8) is 0 Å². The molecule has 5 heteroatoms. The highest BCUT2D eigenvalue weighted by molar-refractivity contribution is 5.81. The second-order valence-electron chi connectivity index (χ2n) is 10.5. The first kappa shape index (κ1) is 26.9. The Hall–Kier alpha value is -5.94. The highest BCUT2D eigenvalue weighted by Crippen LogP contribution is 2.39. The molecule has 1 aromatic heterocycles. The largest absolute Gasteiger partial charge is 0.416 e. The van der Waals surface area contributed by atoms with Crippen molar-refractivity contribution in [2.45, 2.75) is 6.92 Å². The van der Waals surface area contributed by atoms with Crippen LogP contribution in [0.25, 0.3) is 22.9 Å². The van der Waals surface area contributed by atoms with E-state index >= 15 is 0 Å². The fourth-order valence-corrected chi connectivity index (χ4v) is 5.28. The van der Waals surface area contributed by atoms with Crippen molar-refractivity contribution in [3.05, 3.63) is 169 Å². The Labute approximate surface area is 257 Å². The lowest BCUT2D eigenvalue weighted by atomic mass is 10.1. The van der Waals surface area contributed by atoms with Gasteiger partial charge in [0.05, 0.1) is 0 Å². The molecule has 0 aliphatic carbocycles. The Bertz CT molecular complexity index is 1900. The number of para-hydroxylation sites is 2. The summed E-state index contributed by atoms with van der Waals surface area (Å²) in [7, 11) is 0. The van der Waals surface area contributed by atoms with Gasteiger partial charge in [0, 0.05) is 45.3 Å². The highest BCUT2D eigenvalue weighted by atomic mass is 16.4. The van der Waals surface area contributed by atoms with Crippen LogP contribution in [-0.4, -0.2) is 10.2 Å². The van der Waals surface area contributed by atoms with Crippen LogP contribution in [0.2, 0.25) is 0 Å². The summed E-state index contributed by atoms with van der Waals surface area (Å²) in [5, 5.41) is 8.56. The maximum atomic E-state index is 6.01. The molecule has 0 radical (unpaired) electrons. The van der Waals surface area contributed by atoms with Crippen molar-refractivity contribution < 1.29 is 4.42 Å². The van der Waals surface area contributed by atoms with Gasteiger partial charge in [0.15, 0.2) is 0 Å². The average molecular weight is 571 g/mol. The number of nitrogens with zero attached hydrogens (tertiary/aromatic N) is 4. The summed E-state index contributed by atoms with van der Waals surface area (Å²) < 4.78 is 6.01. The Balaban J connectivity index is 1.23. The van der Waals surface area contributed by atoms with E-state index in [-0.39, 0.29) is 0 Å². The van der Waals surface area contributed by atoms with Crippen LogP contribution in [0, 0.1) is 6.92 Å². The maximum Gasteiger partial charge on any atom is 0.248 e. The summed E-state index contributed by atoms with van der Waals surface area (Å²) in [6.45, 7) is 2.10. The van der Waals surface area contributed by atoms with E-state index in [1.54, 1.807) is 0 Å². The molecule has 0 saturated carbocycles. The maximum absolute atomic E-state index is 6.01. The van der Waals surface area contributed by atoms with E-state index in [1.165, 1.54) is 5.56 Å². The number of hydrogen-bond donors (Lipinski definition) is 0. The van der Waals surface area contributed by atoms with E-state index in [2.05, 4.69) is 136 Å². The smallest absolute Gasteiger partial charge is 0.248 e. The van der Waals surface area contributed by atoms with E-state index in [1.807, 2.05) is 54.6 Å². The first-order valence-electron chi connectivity index (χ1n) is 14.6. The fourth-order valence-electron chi connectivity index (χ4n) is 5.28. The summed E-state index contributed by atoms with van der Waals surface area (Å²) in [6, 6.07) is 56.2. The standard InChI is InChI=1S/C39H30N4O/c1-29-17-21-34(22-18-29)43(35-23-19-31(20-24-35)39-41-40-38(44-39)30-11-5-2-6-12-30)37-27-25-36(26-28-37)42(32-13-7-3-8-14-32)33-15-9-4-10-16-33/h2-28H,1H3. The number of aromatic nitrogens is 2. The zero-order valence-corrected chi connectivity index (χ0v) is 24.3. The normalized spacial score (nSPS) is 10.8. The number of benzene rings is 6. The fraction of sp³-hybridized carbons (Fsp3) is 0.0256. The molecule has 7 rings (SSSR count). The van der Waals surface area contributed by atoms with Crippen molar-refractivity contribution in [1.29, 1.82) is 0 Å². The molecule has 44 heavy (non-hydrogen) atoms. The predicted octanol–water partition coefficient (Wildman–Crippen LogP) is 10.7. The van der Waals surface area contributed by atoms with E-state index in [4.69, 9.17) is 4.42 Å². The van der Waals surface area contributed by atoms with Gasteiger partial charge >= 0.3 is 0 Å². The third-order valence-electron chi connectivity index (χ3n) is 7.51. The molecule has 0 spiro atoms. The second-order valence-corrected chi connectivity index (χ2v) is 10.5. The molecule has 212 valence electrons. The lowest BCUT2D eigenvalue weighted by molar-refractivity contribution is 0.584. The van der Waals surface area contributed by atoms with E-state index in [0.29, 0.717) is 11.8 Å². The van der Waals surface area contributed by atoms with Gasteiger partial charge in [-0.15, -0.1) is 10.2 Å². The van der Waals surface area contributed by atoms with Crippen LogP contribution < -0.4 is 9.80 Å². The van der Waals surface area contributed by atoms with Crippen LogP contribution in [0.15, 0.2) is 168 Å². The number of anilines is 6. The van der Waals surface area contributed by atoms with Gasteiger partial charge in [-0.05, 0) is 104 Å². The van der Waals surface area contributed by atoms with Gasteiger partial charge in [-0.2, -0.15) is 0 Å². The third-order valence-corrected chi connectivity index (χ3v) is 7.51. The summed E-state index contributed by atoms with van der Waals surface area (Å²) in [6.07, 6.45) is 0. The minimum atomic E-state index is 0.489. The third kappa shape index (κ3) is 5.59. The van der Waals surface area contributed by atoms with Crippen LogP contribution in [0.4, 0.5) is 34.1 Å². The Morgan fingerprint density at radius 1 is 0.364 bits per heavy atom. The lowest BCUT2D eigenvalue weighted by Crippen LogP contribution is -2.12. The molecule has 7 aromatic rings. The van der Waals surface area contributed by atoms with Crippen molar-refractivity contribution in [2.75, 3.05) is 9.80 Å². The topological polar surface area (TPSA) is 45.4 Å². The van der Waals surface area contributed by atoms with Crippen LogP contribution >= 0.6 is 0 Å². The molecule has 0 aliphatic rings. The minimum absolute atomic E-state index is 0.489. The first-order valence-corrected chi connectivity index (χ1v) is 14.6. The van der Waals surface area contributed by atoms with Gasteiger partial charge in [-0.1, -0.05) is 72.3 Å². The molecule has 0 N–H and O–H groups in total. The minimum Gasteiger partial charge on any atom is -0.416 e. The quantitative estimate of drug-likeness (QED) is 0.182. The molecule has 0 saturated heterocycles. The molecular weight excluding hydrogens is 540 g/mol. The van der Waals surface area contributed by atoms with Crippen LogP contribution in [0.3, 0.4) is 0 Å². The Morgan fingerprint density at radius 3 is 1.11 bits per heavy atom. The lowest BCUT2D eigenvalue weighted by Gasteiger charge is -2.28. The molecular formula is C39H30N4O. The van der Waals surface area contributed by atoms with Crippen molar-refractivity contribution >= 4 is 34.1 Å². The second kappa shape index (κ2) is 12.1. The van der Waals surface area contributed by atoms with Gasteiger partial charge < -0.3 is 14.2 Å². The number of hydrogen-bond acceptors (Lipinski definition) is 5. The molecule has 0 unspecified atom stereocenters. The summed E-state index contributed by atoms with van der Waals surface area (Å²) in [5.74, 6) is 0.995. The Morgan fingerprint density at radius 2 is 0.682 bits per heavy atom. The zero-order chi connectivity index (χ0) is 29.7. The van der Waals surface area contributed by atoms with Gasteiger partial charge in [-0.25, -0.2) is 0 Å². The molecule has 6 aromatic carbocycles. The van der Waals surface area contributed by atoms with Gasteiger partial charge in [0.2, 0.25) is 11.8 Å². The zero-order valence-electron chi connectivity index (χ0n) is 24.3. The molecule has 0 fully saturated rings. The van der Waals surface area contributed by atoms with Crippen LogP contribution in [0.5, 0.6) is 0 Å². The van der Waals surface area contributed by atoms with Crippen molar-refractivity contribution in [3.8, 4) is 22.9 Å². The molecule has 0 bridgehead atoms.